The molecule has 0 radical (unpaired) electrons. The first kappa shape index (κ1) is 22.3. The highest BCUT2D eigenvalue weighted by molar-refractivity contribution is 7.27. The van der Waals surface area contributed by atoms with Crippen molar-refractivity contribution in [1.29, 1.82) is 5.41 Å². The molecule has 140 valence electrons. The highest BCUT2D eigenvalue weighted by Crippen LogP contribution is 2.25. The Labute approximate surface area is 163 Å². The lowest BCUT2D eigenvalue weighted by atomic mass is 10.0. The minimum atomic E-state index is 0.154. The van der Waals surface area contributed by atoms with Gasteiger partial charge >= 0.3 is 0 Å². The van der Waals surface area contributed by atoms with E-state index in [-0.39, 0.29) is 5.78 Å². The van der Waals surface area contributed by atoms with Gasteiger partial charge in [-0.15, -0.1) is 9.24 Å². The van der Waals surface area contributed by atoms with E-state index in [1.165, 1.54) is 0 Å². The molecule has 2 aromatic rings. The molecule has 0 fully saturated rings. The van der Waals surface area contributed by atoms with Crippen molar-refractivity contribution in [2.75, 3.05) is 0 Å². The van der Waals surface area contributed by atoms with E-state index >= 15 is 0 Å². The van der Waals surface area contributed by atoms with Crippen LogP contribution in [0, 0.1) is 5.41 Å². The van der Waals surface area contributed by atoms with Crippen molar-refractivity contribution in [3.8, 4) is 5.75 Å². The summed E-state index contributed by atoms with van der Waals surface area (Å²) in [5.74, 6) is 0.769. The normalized spacial score (nSPS) is 9.88. The largest absolute Gasteiger partial charge is 0.488 e. The van der Waals surface area contributed by atoms with Crippen LogP contribution in [-0.2, 0) is 11.4 Å². The topological polar surface area (TPSA) is 50.2 Å². The van der Waals surface area contributed by atoms with Gasteiger partial charge < -0.3 is 10.1 Å². The third-order valence-electron chi connectivity index (χ3n) is 3.69. The van der Waals surface area contributed by atoms with E-state index in [0.717, 1.165) is 10.9 Å². The van der Waals surface area contributed by atoms with Crippen LogP contribution < -0.4 is 10.0 Å². The van der Waals surface area contributed by atoms with Gasteiger partial charge in [-0.2, -0.15) is 0 Å². The molecule has 0 aliphatic rings. The highest BCUT2D eigenvalue weighted by Gasteiger charge is 2.12. The molecule has 2 rings (SSSR count). The zero-order valence-corrected chi connectivity index (χ0v) is 17.6. The molecule has 1 atom stereocenters. The predicted octanol–water partition coefficient (Wildman–Crippen LogP) is 5.57. The van der Waals surface area contributed by atoms with E-state index < -0.39 is 0 Å². The van der Waals surface area contributed by atoms with Crippen LogP contribution in [0.2, 0.25) is 5.02 Å². The molecule has 0 saturated carbocycles. The van der Waals surface area contributed by atoms with E-state index in [4.69, 9.17) is 21.7 Å². The van der Waals surface area contributed by atoms with Gasteiger partial charge in [0.1, 0.15) is 18.1 Å². The first-order valence-electron chi connectivity index (χ1n) is 8.86. The van der Waals surface area contributed by atoms with Gasteiger partial charge in [-0.05, 0) is 35.5 Å². The molecule has 0 aliphatic carbocycles. The van der Waals surface area contributed by atoms with Gasteiger partial charge in [0.25, 0.3) is 0 Å². The molecule has 0 heterocycles. The zero-order valence-electron chi connectivity index (χ0n) is 15.6. The SMILES string of the molecule is CC.CCC(=O)CCC(=N)c1cc(Cl)ccc1OCc1ccc(P)cc1. The second-order valence-electron chi connectivity index (χ2n) is 5.54. The summed E-state index contributed by atoms with van der Waals surface area (Å²) in [6.07, 6.45) is 1.26. The van der Waals surface area contributed by atoms with Crippen LogP contribution in [0.25, 0.3) is 0 Å². The molecule has 0 aromatic heterocycles. The van der Waals surface area contributed by atoms with E-state index in [0.29, 0.717) is 47.9 Å². The number of hydrogen-bond acceptors (Lipinski definition) is 3. The van der Waals surface area contributed by atoms with Gasteiger partial charge in [0.05, 0.1) is 0 Å². The van der Waals surface area contributed by atoms with Crippen LogP contribution >= 0.6 is 20.8 Å². The zero-order chi connectivity index (χ0) is 19.5. The molecular weight excluding hydrogens is 365 g/mol. The maximum Gasteiger partial charge on any atom is 0.133 e. The fourth-order valence-corrected chi connectivity index (χ4v) is 2.58. The van der Waals surface area contributed by atoms with Crippen molar-refractivity contribution in [3.63, 3.8) is 0 Å². The van der Waals surface area contributed by atoms with Crippen molar-refractivity contribution in [2.45, 2.75) is 46.6 Å². The average Bonchev–Trinajstić information content (AvgIpc) is 2.67. The smallest absolute Gasteiger partial charge is 0.133 e. The van der Waals surface area contributed by atoms with E-state index in [1.54, 1.807) is 18.2 Å². The number of ether oxygens (including phenoxy) is 1. The number of nitrogens with one attached hydrogen (secondary N) is 1. The van der Waals surface area contributed by atoms with Gasteiger partial charge in [0, 0.05) is 29.1 Å². The number of ketones is 1. The lowest BCUT2D eigenvalue weighted by molar-refractivity contribution is -0.118. The number of hydrogen-bond donors (Lipinski definition) is 1. The van der Waals surface area contributed by atoms with Gasteiger partial charge in [0.15, 0.2) is 0 Å². The van der Waals surface area contributed by atoms with Crippen molar-refractivity contribution >= 4 is 37.6 Å². The second-order valence-corrected chi connectivity index (χ2v) is 6.64. The maximum atomic E-state index is 11.5. The molecule has 1 unspecified atom stereocenters. The molecule has 0 saturated heterocycles. The summed E-state index contributed by atoms with van der Waals surface area (Å²) in [6.45, 7) is 6.25. The quantitative estimate of drug-likeness (QED) is 0.472. The summed E-state index contributed by atoms with van der Waals surface area (Å²) in [5, 5.41) is 9.92. The number of carbonyl (C=O) groups is 1. The van der Waals surface area contributed by atoms with Crippen LogP contribution in [0.1, 0.15) is 51.2 Å². The Kier molecular flexibility index (Phi) is 10.2. The van der Waals surface area contributed by atoms with Crippen LogP contribution in [0.5, 0.6) is 5.75 Å². The van der Waals surface area contributed by atoms with E-state index in [1.807, 2.05) is 45.0 Å². The fourth-order valence-electron chi connectivity index (χ4n) is 2.21. The van der Waals surface area contributed by atoms with E-state index in [9.17, 15) is 4.79 Å². The molecule has 2 aromatic carbocycles. The lowest BCUT2D eigenvalue weighted by Gasteiger charge is -2.13. The molecule has 0 amide bonds. The molecule has 5 heteroatoms. The molecule has 0 spiro atoms. The van der Waals surface area contributed by atoms with Gasteiger partial charge in [-0.3, -0.25) is 4.79 Å². The minimum Gasteiger partial charge on any atom is -0.488 e. The summed E-state index contributed by atoms with van der Waals surface area (Å²) in [5.41, 5.74) is 2.07. The minimum absolute atomic E-state index is 0.154. The van der Waals surface area contributed by atoms with Crippen molar-refractivity contribution in [1.82, 2.24) is 0 Å². The monoisotopic (exact) mass is 391 g/mol. The Morgan fingerprint density at radius 3 is 2.38 bits per heavy atom. The third kappa shape index (κ3) is 7.27. The van der Waals surface area contributed by atoms with Crippen molar-refractivity contribution < 1.29 is 9.53 Å². The third-order valence-corrected chi connectivity index (χ3v) is 4.31. The Bertz CT molecular complexity index is 729. The first-order chi connectivity index (χ1) is 12.5. The molecule has 0 aliphatic heterocycles. The number of rotatable bonds is 8. The summed E-state index contributed by atoms with van der Waals surface area (Å²) < 4.78 is 5.88. The number of carbonyl (C=O) groups excluding carboxylic acids is 1. The number of halogens is 1. The van der Waals surface area contributed by atoms with Gasteiger partial charge in [-0.1, -0.05) is 56.6 Å². The Balaban J connectivity index is 0.00000163. The summed E-state index contributed by atoms with van der Waals surface area (Å²) >= 11 is 6.06. The molecule has 1 N–H and O–H groups in total. The maximum absolute atomic E-state index is 11.5. The molecule has 26 heavy (non-hydrogen) atoms. The van der Waals surface area contributed by atoms with Gasteiger partial charge in [0.2, 0.25) is 0 Å². The second kappa shape index (κ2) is 11.8. The predicted molar refractivity (Wildman–Crippen MR) is 114 cm³/mol. The van der Waals surface area contributed by atoms with Crippen molar-refractivity contribution in [2.24, 2.45) is 0 Å². The molecular formula is C21H27ClNO2P. The summed E-state index contributed by atoms with van der Waals surface area (Å²) in [4.78, 5) is 11.5. The van der Waals surface area contributed by atoms with Crippen LogP contribution in [0.3, 0.4) is 0 Å². The Morgan fingerprint density at radius 2 is 1.77 bits per heavy atom. The van der Waals surface area contributed by atoms with Crippen LogP contribution in [0.4, 0.5) is 0 Å². The lowest BCUT2D eigenvalue weighted by Crippen LogP contribution is -2.07. The Morgan fingerprint density at radius 1 is 1.12 bits per heavy atom. The van der Waals surface area contributed by atoms with Crippen molar-refractivity contribution in [3.05, 3.63) is 58.6 Å². The average molecular weight is 392 g/mol. The van der Waals surface area contributed by atoms with Gasteiger partial charge in [-0.25, -0.2) is 0 Å². The molecule has 0 bridgehead atoms. The van der Waals surface area contributed by atoms with Crippen LogP contribution in [0.15, 0.2) is 42.5 Å². The van der Waals surface area contributed by atoms with Crippen LogP contribution in [-0.4, -0.2) is 11.5 Å². The number of Topliss-reactive ketones (excluding diaryl/α,β-unsaturated/α-hetero) is 1. The van der Waals surface area contributed by atoms with E-state index in [2.05, 4.69) is 9.24 Å². The standard InChI is InChI=1S/C19H21ClNO2P.C2H6/c1-2-15(22)6-9-18(21)17-11-14(20)5-10-19(17)23-12-13-3-7-16(24)8-4-13;1-2/h3-5,7-8,10-11,21H,2,6,9,12,24H2,1H3;1-2H3. The summed E-state index contributed by atoms with van der Waals surface area (Å²) in [7, 11) is 2.65. The Hall–Kier alpha value is -1.70. The summed E-state index contributed by atoms with van der Waals surface area (Å²) in [6, 6.07) is 13.3. The number of benzene rings is 2. The first-order valence-corrected chi connectivity index (χ1v) is 9.81. The highest BCUT2D eigenvalue weighted by atomic mass is 35.5. The molecule has 3 nitrogen and oxygen atoms in total. The fraction of sp³-hybridized carbons (Fsp3) is 0.333.